The second-order valence-corrected chi connectivity index (χ2v) is 8.53. The molecule has 0 unspecified atom stereocenters. The van der Waals surface area contributed by atoms with Gasteiger partial charge in [0.05, 0.1) is 29.6 Å². The Morgan fingerprint density at radius 2 is 1.90 bits per heavy atom. The quantitative estimate of drug-likeness (QED) is 0.302. The maximum atomic E-state index is 12.9. The van der Waals surface area contributed by atoms with E-state index in [4.69, 9.17) is 17.0 Å². The normalized spacial score (nSPS) is 18.3. The molecule has 9 heteroatoms. The molecule has 7 nitrogen and oxygen atoms in total. The summed E-state index contributed by atoms with van der Waals surface area (Å²) in [5.41, 5.74) is 2.17. The molecular weight excluding hydrogens is 422 g/mol. The average Bonchev–Trinajstić information content (AvgIpc) is 3.02. The van der Waals surface area contributed by atoms with Crippen molar-refractivity contribution in [3.05, 3.63) is 74.7 Å². The first-order valence-corrected chi connectivity index (χ1v) is 10.7. The summed E-state index contributed by atoms with van der Waals surface area (Å²) in [7, 11) is 0. The molecule has 2 fully saturated rings. The highest BCUT2D eigenvalue weighted by Crippen LogP contribution is 2.35. The van der Waals surface area contributed by atoms with Gasteiger partial charge in [-0.25, -0.2) is 0 Å². The monoisotopic (exact) mass is 441 g/mol. The Kier molecular flexibility index (Phi) is 6.12. The summed E-state index contributed by atoms with van der Waals surface area (Å²) < 4.78 is 5.81. The highest BCUT2D eigenvalue weighted by atomic mass is 32.2. The van der Waals surface area contributed by atoms with Gasteiger partial charge in [0.15, 0.2) is 0 Å². The van der Waals surface area contributed by atoms with Crippen molar-refractivity contribution in [1.82, 2.24) is 4.90 Å². The number of carbonyl (C=O) groups excluding carboxylic acids is 1. The maximum absolute atomic E-state index is 12.9. The number of ether oxygens (including phenoxy) is 1. The van der Waals surface area contributed by atoms with E-state index >= 15 is 0 Å². The molecule has 2 aliphatic rings. The minimum absolute atomic E-state index is 0.0189. The van der Waals surface area contributed by atoms with E-state index in [0.29, 0.717) is 53.3 Å². The summed E-state index contributed by atoms with van der Waals surface area (Å²) in [6, 6.07) is 14.7. The van der Waals surface area contributed by atoms with Gasteiger partial charge in [-0.1, -0.05) is 60.4 Å². The third-order valence-corrected chi connectivity index (χ3v) is 6.28. The van der Waals surface area contributed by atoms with Crippen LogP contribution in [0.25, 0.3) is 6.08 Å². The Hall–Kier alpha value is -2.75. The summed E-state index contributed by atoms with van der Waals surface area (Å²) in [6.07, 6.45) is 1.67. The number of hydrogen-bond donors (Lipinski definition) is 0. The van der Waals surface area contributed by atoms with Gasteiger partial charge in [0, 0.05) is 19.2 Å². The largest absolute Gasteiger partial charge is 0.378 e. The number of rotatable bonds is 5. The third-order valence-electron chi connectivity index (χ3n) is 4.90. The van der Waals surface area contributed by atoms with Crippen LogP contribution in [0, 0.1) is 10.1 Å². The molecule has 0 atom stereocenters. The van der Waals surface area contributed by atoms with Gasteiger partial charge in [-0.3, -0.25) is 19.8 Å². The fraction of sp³-hybridized carbons (Fsp3) is 0.238. The molecule has 0 saturated carbocycles. The summed E-state index contributed by atoms with van der Waals surface area (Å²) >= 11 is 6.60. The lowest BCUT2D eigenvalue weighted by Gasteiger charge is -2.28. The van der Waals surface area contributed by atoms with Crippen LogP contribution in [0.1, 0.15) is 11.1 Å². The molecule has 30 heavy (non-hydrogen) atoms. The predicted molar refractivity (Wildman–Crippen MR) is 121 cm³/mol. The summed E-state index contributed by atoms with van der Waals surface area (Å²) in [5, 5.41) is 11.7. The fourth-order valence-electron chi connectivity index (χ4n) is 3.40. The number of nitro benzene ring substituents is 1. The van der Waals surface area contributed by atoms with Gasteiger partial charge < -0.3 is 9.64 Å². The Morgan fingerprint density at radius 1 is 1.17 bits per heavy atom. The van der Waals surface area contributed by atoms with Gasteiger partial charge in [0.25, 0.3) is 11.6 Å². The molecule has 0 N–H and O–H groups in total. The topological polar surface area (TPSA) is 75.9 Å². The van der Waals surface area contributed by atoms with Crippen LogP contribution in [0.2, 0.25) is 0 Å². The summed E-state index contributed by atoms with van der Waals surface area (Å²) in [4.78, 5) is 28.1. The Bertz CT molecular complexity index is 1020. The minimum Gasteiger partial charge on any atom is -0.378 e. The lowest BCUT2D eigenvalue weighted by Crippen LogP contribution is -2.36. The number of amides is 1. The highest BCUT2D eigenvalue weighted by molar-refractivity contribution is 8.26. The first kappa shape index (κ1) is 20.5. The average molecular weight is 442 g/mol. The van der Waals surface area contributed by atoms with Crippen molar-refractivity contribution in [1.29, 1.82) is 0 Å². The van der Waals surface area contributed by atoms with E-state index in [1.54, 1.807) is 23.1 Å². The fourth-order valence-corrected chi connectivity index (χ4v) is 4.66. The number of anilines is 1. The smallest absolute Gasteiger partial charge is 0.293 e. The molecule has 4 rings (SSSR count). The molecule has 0 bridgehead atoms. The Morgan fingerprint density at radius 3 is 2.60 bits per heavy atom. The first-order valence-electron chi connectivity index (χ1n) is 9.43. The number of nitro groups is 1. The van der Waals surface area contributed by atoms with E-state index < -0.39 is 0 Å². The number of hydrogen-bond acceptors (Lipinski definition) is 7. The van der Waals surface area contributed by atoms with E-state index in [2.05, 4.69) is 0 Å². The van der Waals surface area contributed by atoms with Gasteiger partial charge in [-0.2, -0.15) is 0 Å². The second kappa shape index (κ2) is 8.95. The second-order valence-electron chi connectivity index (χ2n) is 6.86. The van der Waals surface area contributed by atoms with Crippen LogP contribution in [0.5, 0.6) is 0 Å². The van der Waals surface area contributed by atoms with Crippen molar-refractivity contribution >= 4 is 51.7 Å². The van der Waals surface area contributed by atoms with Crippen LogP contribution in [-0.2, 0) is 16.1 Å². The molecule has 1 amide bonds. The molecule has 2 aliphatic heterocycles. The molecule has 0 aromatic heterocycles. The van der Waals surface area contributed by atoms with Crippen molar-refractivity contribution in [3.8, 4) is 0 Å². The zero-order valence-electron chi connectivity index (χ0n) is 16.0. The van der Waals surface area contributed by atoms with Gasteiger partial charge in [-0.05, 0) is 23.3 Å². The van der Waals surface area contributed by atoms with Crippen molar-refractivity contribution in [3.63, 3.8) is 0 Å². The summed E-state index contributed by atoms with van der Waals surface area (Å²) in [5.74, 6) is -0.186. The van der Waals surface area contributed by atoms with E-state index in [1.807, 2.05) is 35.2 Å². The molecule has 0 aliphatic carbocycles. The van der Waals surface area contributed by atoms with Crippen molar-refractivity contribution in [2.24, 2.45) is 0 Å². The molecular formula is C21H19N3O4S2. The first-order chi connectivity index (χ1) is 14.5. The molecule has 2 aromatic carbocycles. The number of nitrogens with zero attached hydrogens (tertiary/aromatic N) is 3. The van der Waals surface area contributed by atoms with E-state index in [1.165, 1.54) is 17.8 Å². The van der Waals surface area contributed by atoms with Crippen molar-refractivity contribution in [2.45, 2.75) is 6.54 Å². The summed E-state index contributed by atoms with van der Waals surface area (Å²) in [6.45, 7) is 2.71. The molecule has 2 saturated heterocycles. The zero-order chi connectivity index (χ0) is 21.1. The van der Waals surface area contributed by atoms with Gasteiger partial charge in [0.2, 0.25) is 0 Å². The van der Waals surface area contributed by atoms with E-state index in [-0.39, 0.29) is 16.5 Å². The lowest BCUT2D eigenvalue weighted by atomic mass is 10.1. The van der Waals surface area contributed by atoms with Crippen LogP contribution >= 0.6 is 24.0 Å². The predicted octanol–water partition coefficient (Wildman–Crippen LogP) is 3.83. The molecule has 0 spiro atoms. The molecule has 154 valence electrons. The van der Waals surface area contributed by atoms with Crippen molar-refractivity contribution < 1.29 is 14.5 Å². The number of benzene rings is 2. The molecule has 0 radical (unpaired) electrons. The van der Waals surface area contributed by atoms with Crippen molar-refractivity contribution in [2.75, 3.05) is 31.2 Å². The SMILES string of the molecule is O=C1C(=Cc2ccc(N3CCOCC3)c([N+](=O)[O-])c2)SC(=S)N1Cc1ccccc1. The third kappa shape index (κ3) is 4.38. The molecule has 2 heterocycles. The lowest BCUT2D eigenvalue weighted by molar-refractivity contribution is -0.384. The van der Waals surface area contributed by atoms with Gasteiger partial charge in [0.1, 0.15) is 10.0 Å². The van der Waals surface area contributed by atoms with Crippen LogP contribution in [0.4, 0.5) is 11.4 Å². The number of thiocarbonyl (C=S) groups is 1. The maximum Gasteiger partial charge on any atom is 0.293 e. The number of thioether (sulfide) groups is 1. The van der Waals surface area contributed by atoms with Crippen LogP contribution in [0.3, 0.4) is 0 Å². The van der Waals surface area contributed by atoms with E-state index in [9.17, 15) is 14.9 Å². The standard InChI is InChI=1S/C21H19N3O4S2/c25-20-19(30-21(29)23(20)14-15-4-2-1-3-5-15)13-16-6-7-17(18(12-16)24(26)27)22-8-10-28-11-9-22/h1-7,12-13H,8-11,14H2. The van der Waals surface area contributed by atoms with E-state index in [0.717, 1.165) is 5.56 Å². The number of morpholine rings is 1. The Labute approximate surface area is 183 Å². The highest BCUT2D eigenvalue weighted by Gasteiger charge is 2.32. The minimum atomic E-state index is -0.386. The number of carbonyl (C=O) groups is 1. The van der Waals surface area contributed by atoms with Crippen LogP contribution in [0.15, 0.2) is 53.4 Å². The molecule has 2 aromatic rings. The Balaban J connectivity index is 1.58. The van der Waals surface area contributed by atoms with Gasteiger partial charge >= 0.3 is 0 Å². The van der Waals surface area contributed by atoms with Gasteiger partial charge in [-0.15, -0.1) is 0 Å². The van der Waals surface area contributed by atoms with Crippen LogP contribution in [-0.4, -0.2) is 46.4 Å². The zero-order valence-corrected chi connectivity index (χ0v) is 17.7. The van der Waals surface area contributed by atoms with Crippen LogP contribution < -0.4 is 4.90 Å².